The number of amides is 2. The molecule has 192 valence electrons. The summed E-state index contributed by atoms with van der Waals surface area (Å²) in [4.78, 5) is 31.7. The minimum absolute atomic E-state index is 0.0374. The number of hydrogen-bond donors (Lipinski definition) is 0. The molecule has 0 radical (unpaired) electrons. The summed E-state index contributed by atoms with van der Waals surface area (Å²) in [7, 11) is 0. The molecule has 1 aromatic carbocycles. The van der Waals surface area contributed by atoms with Crippen LogP contribution in [0, 0.1) is 5.82 Å². The molecule has 2 aromatic rings. The zero-order valence-electron chi connectivity index (χ0n) is 21.2. The first-order valence-electron chi connectivity index (χ1n) is 13.4. The fraction of sp³-hybridized carbons (Fsp3) is 0.586. The average Bonchev–Trinajstić information content (AvgIpc) is 3.39. The Bertz CT molecular complexity index is 879. The number of unbranched alkanes of at least 4 members (excludes halogenated alkanes) is 5. The molecule has 0 atom stereocenters. The lowest BCUT2D eigenvalue weighted by Gasteiger charge is -2.35. The monoisotopic (exact) mass is 500 g/mol. The van der Waals surface area contributed by atoms with Gasteiger partial charge in [0.05, 0.1) is 6.54 Å². The number of hydrogen-bond acceptors (Lipinski definition) is 3. The smallest absolute Gasteiger partial charge is 0.242 e. The van der Waals surface area contributed by atoms with Crippen molar-refractivity contribution in [1.82, 2.24) is 9.80 Å². The van der Waals surface area contributed by atoms with Gasteiger partial charge in [0.1, 0.15) is 12.4 Å². The Kier molecular flexibility index (Phi) is 11.8. The molecule has 1 aromatic heterocycles. The highest BCUT2D eigenvalue weighted by Crippen LogP contribution is 2.24. The van der Waals surface area contributed by atoms with Gasteiger partial charge in [0.25, 0.3) is 0 Å². The first-order valence-corrected chi connectivity index (χ1v) is 14.3. The fourth-order valence-corrected chi connectivity index (χ4v) is 5.61. The predicted molar refractivity (Wildman–Crippen MR) is 142 cm³/mol. The van der Waals surface area contributed by atoms with E-state index in [4.69, 9.17) is 0 Å². The van der Waals surface area contributed by atoms with Crippen LogP contribution in [0.4, 0.5) is 4.39 Å². The van der Waals surface area contributed by atoms with Crippen LogP contribution in [-0.2, 0) is 22.7 Å². The molecule has 3 rings (SSSR count). The molecule has 0 N–H and O–H groups in total. The minimum atomic E-state index is -0.284. The summed E-state index contributed by atoms with van der Waals surface area (Å²) in [6, 6.07) is 10.5. The van der Waals surface area contributed by atoms with Crippen LogP contribution >= 0.6 is 11.3 Å². The first kappa shape index (κ1) is 27.4. The molecule has 6 heteroatoms. The Hall–Kier alpha value is -2.21. The molecule has 0 saturated heterocycles. The van der Waals surface area contributed by atoms with Crippen LogP contribution in [0.3, 0.4) is 0 Å². The van der Waals surface area contributed by atoms with Gasteiger partial charge >= 0.3 is 0 Å². The lowest BCUT2D eigenvalue weighted by atomic mass is 9.93. The molecule has 2 amide bonds. The molecular weight excluding hydrogens is 459 g/mol. The van der Waals surface area contributed by atoms with Crippen molar-refractivity contribution in [2.24, 2.45) is 0 Å². The molecular formula is C29H41FN2O2S. The Balaban J connectivity index is 1.67. The minimum Gasteiger partial charge on any atom is -0.332 e. The standard InChI is InChI=1S/C29H41FN2O2S/c1-2-3-4-5-6-10-15-28(33)32(26-12-8-7-9-13-26)23-29(34)31(22-27-14-11-20-35-27)21-24-16-18-25(30)19-17-24/h11,14,16-20,26H,2-10,12-13,15,21-23H2,1H3. The normalized spacial score (nSPS) is 14.1. The van der Waals surface area contributed by atoms with E-state index in [0.29, 0.717) is 19.5 Å². The van der Waals surface area contributed by atoms with Gasteiger partial charge in [0.15, 0.2) is 0 Å². The van der Waals surface area contributed by atoms with Crippen LogP contribution in [0.1, 0.15) is 94.4 Å². The van der Waals surface area contributed by atoms with E-state index in [0.717, 1.165) is 49.0 Å². The predicted octanol–water partition coefficient (Wildman–Crippen LogP) is 7.33. The van der Waals surface area contributed by atoms with Crippen molar-refractivity contribution < 1.29 is 14.0 Å². The van der Waals surface area contributed by atoms with Crippen molar-refractivity contribution in [2.75, 3.05) is 6.54 Å². The number of nitrogens with zero attached hydrogens (tertiary/aromatic N) is 2. The van der Waals surface area contributed by atoms with Crippen LogP contribution in [-0.4, -0.2) is 34.2 Å². The number of thiophene rings is 1. The molecule has 0 unspecified atom stereocenters. The third-order valence-electron chi connectivity index (χ3n) is 6.95. The lowest BCUT2D eigenvalue weighted by Crippen LogP contribution is -2.47. The second-order valence-corrected chi connectivity index (χ2v) is 10.8. The zero-order valence-corrected chi connectivity index (χ0v) is 22.0. The van der Waals surface area contributed by atoms with E-state index in [-0.39, 0.29) is 30.2 Å². The number of benzene rings is 1. The van der Waals surface area contributed by atoms with Crippen molar-refractivity contribution in [3.05, 3.63) is 58.0 Å². The van der Waals surface area contributed by atoms with Crippen molar-refractivity contribution in [3.63, 3.8) is 0 Å². The molecule has 1 heterocycles. The maximum atomic E-state index is 13.6. The van der Waals surface area contributed by atoms with E-state index in [1.54, 1.807) is 23.5 Å². The number of carbonyl (C=O) groups is 2. The fourth-order valence-electron chi connectivity index (χ4n) is 4.89. The Labute approximate surface area is 214 Å². The summed E-state index contributed by atoms with van der Waals surface area (Å²) >= 11 is 1.62. The van der Waals surface area contributed by atoms with Crippen molar-refractivity contribution in [3.8, 4) is 0 Å². The van der Waals surface area contributed by atoms with Gasteiger partial charge in [-0.05, 0) is 48.4 Å². The lowest BCUT2D eigenvalue weighted by molar-refractivity contribution is -0.143. The van der Waals surface area contributed by atoms with E-state index in [1.807, 2.05) is 27.3 Å². The van der Waals surface area contributed by atoms with Crippen LogP contribution in [0.2, 0.25) is 0 Å². The van der Waals surface area contributed by atoms with Crippen LogP contribution < -0.4 is 0 Å². The van der Waals surface area contributed by atoms with Gasteiger partial charge in [0, 0.05) is 23.9 Å². The SMILES string of the molecule is CCCCCCCCC(=O)N(CC(=O)N(Cc1ccc(F)cc1)Cc1cccs1)C1CCCCC1. The van der Waals surface area contributed by atoms with Gasteiger partial charge < -0.3 is 9.80 Å². The van der Waals surface area contributed by atoms with Crippen molar-refractivity contribution >= 4 is 23.2 Å². The Morgan fingerprint density at radius 3 is 2.31 bits per heavy atom. The van der Waals surface area contributed by atoms with Crippen LogP contribution in [0.5, 0.6) is 0 Å². The van der Waals surface area contributed by atoms with Crippen LogP contribution in [0.15, 0.2) is 41.8 Å². The summed E-state index contributed by atoms with van der Waals surface area (Å²) in [5.41, 5.74) is 0.888. The van der Waals surface area contributed by atoms with Gasteiger partial charge in [-0.3, -0.25) is 9.59 Å². The molecule has 4 nitrogen and oxygen atoms in total. The highest BCUT2D eigenvalue weighted by Gasteiger charge is 2.29. The maximum Gasteiger partial charge on any atom is 0.242 e. The Morgan fingerprint density at radius 1 is 0.914 bits per heavy atom. The van der Waals surface area contributed by atoms with Gasteiger partial charge in [-0.1, -0.05) is 76.5 Å². The first-order chi connectivity index (χ1) is 17.1. The molecule has 1 fully saturated rings. The summed E-state index contributed by atoms with van der Waals surface area (Å²) < 4.78 is 13.4. The number of rotatable bonds is 14. The van der Waals surface area contributed by atoms with Crippen molar-refractivity contribution in [1.29, 1.82) is 0 Å². The molecule has 0 aliphatic heterocycles. The molecule has 1 saturated carbocycles. The molecule has 0 bridgehead atoms. The molecule has 0 spiro atoms. The van der Waals surface area contributed by atoms with E-state index in [2.05, 4.69) is 6.92 Å². The summed E-state index contributed by atoms with van der Waals surface area (Å²) in [6.45, 7) is 3.24. The summed E-state index contributed by atoms with van der Waals surface area (Å²) in [6.07, 6.45) is 12.8. The van der Waals surface area contributed by atoms with E-state index in [9.17, 15) is 14.0 Å². The quantitative estimate of drug-likeness (QED) is 0.255. The number of halogens is 1. The van der Waals surface area contributed by atoms with E-state index >= 15 is 0 Å². The topological polar surface area (TPSA) is 40.6 Å². The molecule has 1 aliphatic rings. The second kappa shape index (κ2) is 15.0. The van der Waals surface area contributed by atoms with Gasteiger partial charge in [-0.25, -0.2) is 4.39 Å². The third kappa shape index (κ3) is 9.40. The van der Waals surface area contributed by atoms with Crippen molar-refractivity contribution in [2.45, 2.75) is 103 Å². The van der Waals surface area contributed by atoms with Gasteiger partial charge in [0.2, 0.25) is 11.8 Å². The highest BCUT2D eigenvalue weighted by molar-refractivity contribution is 7.09. The highest BCUT2D eigenvalue weighted by atomic mass is 32.1. The van der Waals surface area contributed by atoms with Gasteiger partial charge in [-0.2, -0.15) is 0 Å². The van der Waals surface area contributed by atoms with Crippen LogP contribution in [0.25, 0.3) is 0 Å². The third-order valence-corrected chi connectivity index (χ3v) is 7.81. The second-order valence-electron chi connectivity index (χ2n) is 9.79. The van der Waals surface area contributed by atoms with E-state index in [1.165, 1.54) is 44.2 Å². The molecule has 1 aliphatic carbocycles. The van der Waals surface area contributed by atoms with E-state index < -0.39 is 0 Å². The maximum absolute atomic E-state index is 13.6. The molecule has 35 heavy (non-hydrogen) atoms. The summed E-state index contributed by atoms with van der Waals surface area (Å²) in [5, 5.41) is 2.01. The van der Waals surface area contributed by atoms with Gasteiger partial charge in [-0.15, -0.1) is 11.3 Å². The Morgan fingerprint density at radius 2 is 1.63 bits per heavy atom. The largest absolute Gasteiger partial charge is 0.332 e. The zero-order chi connectivity index (χ0) is 24.9. The summed E-state index contributed by atoms with van der Waals surface area (Å²) in [5.74, 6) is -0.197. The number of carbonyl (C=O) groups excluding carboxylic acids is 2. The average molecular weight is 501 g/mol.